The highest BCUT2D eigenvalue weighted by Crippen LogP contribution is 2.34. The lowest BCUT2D eigenvalue weighted by Gasteiger charge is -2.16. The molecule has 4 nitrogen and oxygen atoms in total. The lowest BCUT2D eigenvalue weighted by molar-refractivity contribution is 0.198. The summed E-state index contributed by atoms with van der Waals surface area (Å²) in [4.78, 5) is 0. The summed E-state index contributed by atoms with van der Waals surface area (Å²) in [6.07, 6.45) is 0.252. The topological polar surface area (TPSA) is 47.3 Å². The van der Waals surface area contributed by atoms with Crippen LogP contribution in [0.5, 0.6) is 5.75 Å². The first-order chi connectivity index (χ1) is 9.10. The van der Waals surface area contributed by atoms with Crippen LogP contribution in [0.3, 0.4) is 0 Å². The van der Waals surface area contributed by atoms with Crippen molar-refractivity contribution in [2.45, 2.75) is 19.6 Å². The fourth-order valence-corrected chi connectivity index (χ4v) is 2.24. The Hall–Kier alpha value is -1.59. The molecule has 102 valence electrons. The SMILES string of the molecule is CCn1ncc(OC)c1C(O)c1c(F)cccc1Cl. The van der Waals surface area contributed by atoms with Gasteiger partial charge in [0.25, 0.3) is 0 Å². The molecule has 1 heterocycles. The van der Waals surface area contributed by atoms with Crippen LogP contribution in [0.2, 0.25) is 5.02 Å². The van der Waals surface area contributed by atoms with Crippen molar-refractivity contribution in [1.82, 2.24) is 9.78 Å². The molecule has 0 spiro atoms. The maximum absolute atomic E-state index is 13.8. The Morgan fingerprint density at radius 2 is 2.26 bits per heavy atom. The summed E-state index contributed by atoms with van der Waals surface area (Å²) in [5, 5.41) is 14.6. The summed E-state index contributed by atoms with van der Waals surface area (Å²) in [5.41, 5.74) is 0.412. The van der Waals surface area contributed by atoms with Gasteiger partial charge in [0.1, 0.15) is 17.6 Å². The van der Waals surface area contributed by atoms with Gasteiger partial charge in [-0.1, -0.05) is 17.7 Å². The molecule has 2 rings (SSSR count). The van der Waals surface area contributed by atoms with Gasteiger partial charge in [0.15, 0.2) is 5.75 Å². The van der Waals surface area contributed by atoms with Crippen molar-refractivity contribution in [3.05, 3.63) is 46.5 Å². The van der Waals surface area contributed by atoms with E-state index in [1.165, 1.54) is 31.5 Å². The number of ether oxygens (including phenoxy) is 1. The summed E-state index contributed by atoms with van der Waals surface area (Å²) in [6, 6.07) is 4.27. The molecule has 19 heavy (non-hydrogen) atoms. The third kappa shape index (κ3) is 2.43. The van der Waals surface area contributed by atoms with Gasteiger partial charge >= 0.3 is 0 Å². The van der Waals surface area contributed by atoms with Crippen LogP contribution in [-0.2, 0) is 6.54 Å². The van der Waals surface area contributed by atoms with E-state index in [1.54, 1.807) is 4.68 Å². The second kappa shape index (κ2) is 5.59. The number of halogens is 2. The summed E-state index contributed by atoms with van der Waals surface area (Å²) in [5.74, 6) is -0.167. The van der Waals surface area contributed by atoms with Gasteiger partial charge in [-0.2, -0.15) is 5.10 Å². The van der Waals surface area contributed by atoms with Crippen molar-refractivity contribution in [3.63, 3.8) is 0 Å². The number of methoxy groups -OCH3 is 1. The highest BCUT2D eigenvalue weighted by Gasteiger charge is 2.25. The molecule has 0 amide bonds. The van der Waals surface area contributed by atoms with E-state index in [1.807, 2.05) is 6.92 Å². The first kappa shape index (κ1) is 13.8. The quantitative estimate of drug-likeness (QED) is 0.939. The molecule has 1 atom stereocenters. The molecule has 1 aromatic carbocycles. The van der Waals surface area contributed by atoms with E-state index in [0.717, 1.165) is 0 Å². The normalized spacial score (nSPS) is 12.5. The average Bonchev–Trinajstić information content (AvgIpc) is 2.81. The molecule has 0 aliphatic rings. The van der Waals surface area contributed by atoms with E-state index in [0.29, 0.717) is 18.0 Å². The zero-order valence-electron chi connectivity index (χ0n) is 10.6. The molecule has 6 heteroatoms. The number of aliphatic hydroxyl groups is 1. The minimum atomic E-state index is -1.23. The third-order valence-electron chi connectivity index (χ3n) is 2.90. The molecule has 0 aliphatic carbocycles. The van der Waals surface area contributed by atoms with Crippen LogP contribution < -0.4 is 4.74 Å². The van der Waals surface area contributed by atoms with E-state index in [9.17, 15) is 9.50 Å². The van der Waals surface area contributed by atoms with Gasteiger partial charge in [0.2, 0.25) is 0 Å². The number of hydrogen-bond acceptors (Lipinski definition) is 3. The lowest BCUT2D eigenvalue weighted by atomic mass is 10.1. The first-order valence-electron chi connectivity index (χ1n) is 5.81. The molecule has 0 saturated heterocycles. The van der Waals surface area contributed by atoms with Gasteiger partial charge in [-0.25, -0.2) is 4.39 Å². The predicted molar refractivity (Wildman–Crippen MR) is 69.9 cm³/mol. The van der Waals surface area contributed by atoms with Crippen molar-refractivity contribution in [3.8, 4) is 5.75 Å². The van der Waals surface area contributed by atoms with E-state index in [4.69, 9.17) is 16.3 Å². The minimum absolute atomic E-state index is 0.0256. The Balaban J connectivity index is 2.55. The summed E-state index contributed by atoms with van der Waals surface area (Å²) < 4.78 is 20.5. The first-order valence-corrected chi connectivity index (χ1v) is 6.19. The highest BCUT2D eigenvalue weighted by molar-refractivity contribution is 6.31. The number of hydrogen-bond donors (Lipinski definition) is 1. The number of nitrogens with zero attached hydrogens (tertiary/aromatic N) is 2. The maximum atomic E-state index is 13.8. The third-order valence-corrected chi connectivity index (χ3v) is 3.23. The van der Waals surface area contributed by atoms with Gasteiger partial charge in [-0.15, -0.1) is 0 Å². The van der Waals surface area contributed by atoms with Crippen LogP contribution in [0.1, 0.15) is 24.3 Å². The minimum Gasteiger partial charge on any atom is -0.493 e. The van der Waals surface area contributed by atoms with E-state index in [2.05, 4.69) is 5.10 Å². The molecule has 0 bridgehead atoms. The van der Waals surface area contributed by atoms with Gasteiger partial charge < -0.3 is 9.84 Å². The van der Waals surface area contributed by atoms with Crippen LogP contribution >= 0.6 is 11.6 Å². The molecule has 2 aromatic rings. The lowest BCUT2D eigenvalue weighted by Crippen LogP contribution is -2.12. The Bertz CT molecular complexity index is 544. The van der Waals surface area contributed by atoms with Crippen molar-refractivity contribution < 1.29 is 14.2 Å². The Morgan fingerprint density at radius 1 is 1.53 bits per heavy atom. The van der Waals surface area contributed by atoms with Crippen LogP contribution in [0.25, 0.3) is 0 Å². The fraction of sp³-hybridized carbons (Fsp3) is 0.308. The largest absolute Gasteiger partial charge is 0.493 e. The predicted octanol–water partition coefficient (Wildman–Crippen LogP) is 2.79. The number of aliphatic hydroxyl groups excluding tert-OH is 1. The van der Waals surface area contributed by atoms with Gasteiger partial charge in [0.05, 0.1) is 13.3 Å². The molecule has 1 N–H and O–H groups in total. The zero-order valence-corrected chi connectivity index (χ0v) is 11.4. The monoisotopic (exact) mass is 284 g/mol. The Labute approximate surface area is 115 Å². The van der Waals surface area contributed by atoms with Crippen molar-refractivity contribution in [1.29, 1.82) is 0 Å². The summed E-state index contributed by atoms with van der Waals surface area (Å²) in [7, 11) is 1.47. The Kier molecular flexibility index (Phi) is 4.07. The highest BCUT2D eigenvalue weighted by atomic mass is 35.5. The number of aryl methyl sites for hydroxylation is 1. The molecule has 0 aliphatic heterocycles. The fourth-order valence-electron chi connectivity index (χ4n) is 1.97. The average molecular weight is 285 g/mol. The van der Waals surface area contributed by atoms with Crippen molar-refractivity contribution in [2.24, 2.45) is 0 Å². The molecule has 0 radical (unpaired) electrons. The molecule has 0 saturated carbocycles. The van der Waals surface area contributed by atoms with Crippen LogP contribution in [0, 0.1) is 5.82 Å². The smallest absolute Gasteiger partial charge is 0.163 e. The summed E-state index contributed by atoms with van der Waals surface area (Å²) >= 11 is 5.96. The molecular weight excluding hydrogens is 271 g/mol. The standard InChI is InChI=1S/C13H14ClFN2O2/c1-3-17-12(10(19-2)7-16-17)13(18)11-8(14)5-4-6-9(11)15/h4-7,13,18H,3H2,1-2H3. The number of rotatable bonds is 4. The van der Waals surface area contributed by atoms with E-state index < -0.39 is 11.9 Å². The number of benzene rings is 1. The molecule has 0 fully saturated rings. The van der Waals surface area contributed by atoms with E-state index >= 15 is 0 Å². The van der Waals surface area contributed by atoms with Gasteiger partial charge in [-0.05, 0) is 19.1 Å². The molecular formula is C13H14ClFN2O2. The number of aromatic nitrogens is 2. The van der Waals surface area contributed by atoms with Crippen LogP contribution in [0.4, 0.5) is 4.39 Å². The van der Waals surface area contributed by atoms with Crippen molar-refractivity contribution >= 4 is 11.6 Å². The second-order valence-electron chi connectivity index (χ2n) is 3.95. The molecule has 1 unspecified atom stereocenters. The summed E-state index contributed by atoms with van der Waals surface area (Å²) in [6.45, 7) is 2.40. The van der Waals surface area contributed by atoms with Crippen LogP contribution in [0.15, 0.2) is 24.4 Å². The van der Waals surface area contributed by atoms with Crippen molar-refractivity contribution in [2.75, 3.05) is 7.11 Å². The zero-order chi connectivity index (χ0) is 14.0. The Morgan fingerprint density at radius 3 is 2.84 bits per heavy atom. The second-order valence-corrected chi connectivity index (χ2v) is 4.36. The van der Waals surface area contributed by atoms with Crippen LogP contribution in [-0.4, -0.2) is 22.0 Å². The molecule has 1 aromatic heterocycles. The van der Waals surface area contributed by atoms with Gasteiger partial charge in [-0.3, -0.25) is 4.68 Å². The van der Waals surface area contributed by atoms with E-state index in [-0.39, 0.29) is 10.6 Å². The maximum Gasteiger partial charge on any atom is 0.163 e. The van der Waals surface area contributed by atoms with Gasteiger partial charge in [0, 0.05) is 17.1 Å².